The Labute approximate surface area is 119 Å². The first-order chi connectivity index (χ1) is 9.76. The van der Waals surface area contributed by atoms with Crippen LogP contribution in [0.25, 0.3) is 11.1 Å². The Kier molecular flexibility index (Phi) is 3.81. The van der Waals surface area contributed by atoms with Crippen LogP contribution in [0.5, 0.6) is 0 Å². The fraction of sp³-hybridized carbons (Fsp3) is 0.562. The summed E-state index contributed by atoms with van der Waals surface area (Å²) in [5.74, 6) is 0.744. The summed E-state index contributed by atoms with van der Waals surface area (Å²) in [6, 6.07) is 6.67. The molecule has 0 radical (unpaired) electrons. The minimum Gasteiger partial charge on any atom is -0.423 e. The number of oxazole rings is 1. The summed E-state index contributed by atoms with van der Waals surface area (Å²) in [6.45, 7) is 2.23. The molecular weight excluding hydrogens is 250 g/mol. The van der Waals surface area contributed by atoms with E-state index in [1.807, 2.05) is 18.2 Å². The van der Waals surface area contributed by atoms with Crippen molar-refractivity contribution >= 4 is 22.8 Å². The number of nitrogens with two attached hydrogens (primary N) is 1. The average Bonchev–Trinajstić information content (AvgIpc) is 2.87. The average molecular weight is 273 g/mol. The fourth-order valence-electron chi connectivity index (χ4n) is 3.25. The van der Waals surface area contributed by atoms with Crippen LogP contribution >= 0.6 is 0 Å². The van der Waals surface area contributed by atoms with Crippen LogP contribution < -0.4 is 11.1 Å². The number of rotatable bonds is 4. The molecule has 1 fully saturated rings. The molecule has 1 aliphatic carbocycles. The van der Waals surface area contributed by atoms with Crippen molar-refractivity contribution in [3.63, 3.8) is 0 Å². The van der Waals surface area contributed by atoms with Crippen molar-refractivity contribution in [2.24, 2.45) is 5.92 Å². The second-order valence-corrected chi connectivity index (χ2v) is 5.80. The second kappa shape index (κ2) is 5.73. The Morgan fingerprint density at radius 1 is 1.35 bits per heavy atom. The van der Waals surface area contributed by atoms with Gasteiger partial charge < -0.3 is 15.5 Å². The molecule has 1 aliphatic rings. The molecule has 2 aromatic rings. The minimum absolute atomic E-state index is 0.459. The van der Waals surface area contributed by atoms with Gasteiger partial charge in [-0.3, -0.25) is 0 Å². The summed E-state index contributed by atoms with van der Waals surface area (Å²) in [5.41, 5.74) is 8.09. The Hall–Kier alpha value is -1.71. The first kappa shape index (κ1) is 13.3. The Morgan fingerprint density at radius 3 is 2.90 bits per heavy atom. The number of fused-ring (bicyclic) bond motifs is 1. The third kappa shape index (κ3) is 2.74. The first-order valence-corrected chi connectivity index (χ1v) is 7.69. The Morgan fingerprint density at radius 2 is 2.15 bits per heavy atom. The molecule has 1 atom stereocenters. The van der Waals surface area contributed by atoms with Gasteiger partial charge in [0, 0.05) is 17.8 Å². The van der Waals surface area contributed by atoms with E-state index < -0.39 is 0 Å². The smallest absolute Gasteiger partial charge is 0.295 e. The van der Waals surface area contributed by atoms with Crippen molar-refractivity contribution in [2.75, 3.05) is 11.1 Å². The predicted octanol–water partition coefficient (Wildman–Crippen LogP) is 4.18. The van der Waals surface area contributed by atoms with Gasteiger partial charge in [0.2, 0.25) is 0 Å². The van der Waals surface area contributed by atoms with Crippen molar-refractivity contribution in [2.45, 2.75) is 51.5 Å². The standard InChI is InChI=1S/C16H23N3O/c1-2-13(11-6-4-3-5-7-11)18-16-19-14-9-8-12(17)10-15(14)20-16/h8-11,13H,2-7,17H2,1H3,(H,18,19). The molecule has 1 aromatic carbocycles. The van der Waals surface area contributed by atoms with Crippen molar-refractivity contribution in [1.82, 2.24) is 4.98 Å². The molecule has 3 N–H and O–H groups in total. The maximum atomic E-state index is 5.77. The van der Waals surface area contributed by atoms with Gasteiger partial charge in [0.05, 0.1) is 0 Å². The molecule has 1 saturated carbocycles. The zero-order chi connectivity index (χ0) is 13.9. The van der Waals surface area contributed by atoms with Crippen LogP contribution in [0.3, 0.4) is 0 Å². The molecular formula is C16H23N3O. The Balaban J connectivity index is 1.76. The summed E-state index contributed by atoms with van der Waals surface area (Å²) in [7, 11) is 0. The highest BCUT2D eigenvalue weighted by atomic mass is 16.4. The van der Waals surface area contributed by atoms with Gasteiger partial charge in [0.1, 0.15) is 5.52 Å². The van der Waals surface area contributed by atoms with E-state index in [9.17, 15) is 0 Å². The van der Waals surface area contributed by atoms with E-state index in [4.69, 9.17) is 10.2 Å². The number of benzene rings is 1. The van der Waals surface area contributed by atoms with Crippen LogP contribution in [0.2, 0.25) is 0 Å². The summed E-state index contributed by atoms with van der Waals surface area (Å²) < 4.78 is 5.77. The van der Waals surface area contributed by atoms with E-state index >= 15 is 0 Å². The lowest BCUT2D eigenvalue weighted by Crippen LogP contribution is -2.30. The van der Waals surface area contributed by atoms with Crippen LogP contribution in [0.15, 0.2) is 22.6 Å². The largest absolute Gasteiger partial charge is 0.423 e. The minimum atomic E-state index is 0.459. The lowest BCUT2D eigenvalue weighted by molar-refractivity contribution is 0.309. The summed E-state index contributed by atoms with van der Waals surface area (Å²) in [4.78, 5) is 4.50. The Bertz CT molecular complexity index is 572. The van der Waals surface area contributed by atoms with E-state index in [0.29, 0.717) is 17.7 Å². The molecule has 4 heteroatoms. The van der Waals surface area contributed by atoms with E-state index in [0.717, 1.165) is 23.4 Å². The quantitative estimate of drug-likeness (QED) is 0.820. The lowest BCUT2D eigenvalue weighted by atomic mass is 9.83. The molecule has 0 amide bonds. The van der Waals surface area contributed by atoms with Crippen LogP contribution in [0, 0.1) is 5.92 Å². The lowest BCUT2D eigenvalue weighted by Gasteiger charge is -2.29. The maximum absolute atomic E-state index is 5.77. The van der Waals surface area contributed by atoms with Gasteiger partial charge in [0.15, 0.2) is 5.58 Å². The molecule has 1 aromatic heterocycles. The van der Waals surface area contributed by atoms with Gasteiger partial charge in [-0.1, -0.05) is 26.2 Å². The number of hydrogen-bond acceptors (Lipinski definition) is 4. The van der Waals surface area contributed by atoms with Gasteiger partial charge in [-0.15, -0.1) is 0 Å². The van der Waals surface area contributed by atoms with Gasteiger partial charge in [-0.05, 0) is 37.3 Å². The summed E-state index contributed by atoms with van der Waals surface area (Å²) in [5, 5.41) is 3.49. The highest BCUT2D eigenvalue weighted by molar-refractivity contribution is 5.78. The normalized spacial score (nSPS) is 18.2. The molecule has 0 saturated heterocycles. The molecule has 1 heterocycles. The number of anilines is 2. The molecule has 1 unspecified atom stereocenters. The number of aromatic nitrogens is 1. The molecule has 4 nitrogen and oxygen atoms in total. The van der Waals surface area contributed by atoms with Crippen LogP contribution in [-0.4, -0.2) is 11.0 Å². The van der Waals surface area contributed by atoms with Crippen LogP contribution in [-0.2, 0) is 0 Å². The molecule has 0 aliphatic heterocycles. The molecule has 20 heavy (non-hydrogen) atoms. The predicted molar refractivity (Wildman–Crippen MR) is 82.7 cm³/mol. The van der Waals surface area contributed by atoms with E-state index in [-0.39, 0.29) is 0 Å². The van der Waals surface area contributed by atoms with Crippen molar-refractivity contribution in [3.05, 3.63) is 18.2 Å². The van der Waals surface area contributed by atoms with E-state index in [1.54, 1.807) is 0 Å². The molecule has 3 rings (SSSR count). The fourth-order valence-corrected chi connectivity index (χ4v) is 3.25. The topological polar surface area (TPSA) is 64.1 Å². The molecule has 0 bridgehead atoms. The highest BCUT2D eigenvalue weighted by Crippen LogP contribution is 2.30. The number of nitrogens with one attached hydrogen (secondary N) is 1. The van der Waals surface area contributed by atoms with Gasteiger partial charge >= 0.3 is 0 Å². The zero-order valence-electron chi connectivity index (χ0n) is 12.1. The van der Waals surface area contributed by atoms with Gasteiger partial charge in [0.25, 0.3) is 6.01 Å². The first-order valence-electron chi connectivity index (χ1n) is 7.69. The maximum Gasteiger partial charge on any atom is 0.295 e. The number of nitrogen functional groups attached to an aromatic ring is 1. The second-order valence-electron chi connectivity index (χ2n) is 5.80. The van der Waals surface area contributed by atoms with Crippen molar-refractivity contribution < 1.29 is 4.42 Å². The third-order valence-corrected chi connectivity index (χ3v) is 4.38. The van der Waals surface area contributed by atoms with Crippen molar-refractivity contribution in [3.8, 4) is 0 Å². The van der Waals surface area contributed by atoms with Gasteiger partial charge in [-0.2, -0.15) is 4.98 Å². The zero-order valence-corrected chi connectivity index (χ0v) is 12.1. The van der Waals surface area contributed by atoms with Crippen LogP contribution in [0.4, 0.5) is 11.7 Å². The van der Waals surface area contributed by atoms with Crippen LogP contribution in [0.1, 0.15) is 45.4 Å². The molecule has 0 spiro atoms. The summed E-state index contributed by atoms with van der Waals surface area (Å²) >= 11 is 0. The molecule has 108 valence electrons. The van der Waals surface area contributed by atoms with Crippen molar-refractivity contribution in [1.29, 1.82) is 0 Å². The van der Waals surface area contributed by atoms with E-state index in [2.05, 4.69) is 17.2 Å². The number of nitrogens with zero attached hydrogens (tertiary/aromatic N) is 1. The number of hydrogen-bond donors (Lipinski definition) is 2. The SMILES string of the molecule is CCC(Nc1nc2ccc(N)cc2o1)C1CCCCC1. The highest BCUT2D eigenvalue weighted by Gasteiger charge is 2.23. The monoisotopic (exact) mass is 273 g/mol. The van der Waals surface area contributed by atoms with Gasteiger partial charge in [-0.25, -0.2) is 0 Å². The third-order valence-electron chi connectivity index (χ3n) is 4.38. The van der Waals surface area contributed by atoms with E-state index in [1.165, 1.54) is 32.1 Å². The summed E-state index contributed by atoms with van der Waals surface area (Å²) in [6.07, 6.45) is 7.83.